The molecule has 6 nitrogen and oxygen atoms in total. The Morgan fingerprint density at radius 3 is 2.68 bits per heavy atom. The molecule has 1 aromatic heterocycles. The molecule has 1 atom stereocenters. The highest BCUT2D eigenvalue weighted by molar-refractivity contribution is 7.99. The zero-order chi connectivity index (χ0) is 18.0. The van der Waals surface area contributed by atoms with Gasteiger partial charge in [-0.05, 0) is 36.6 Å². The van der Waals surface area contributed by atoms with Crippen LogP contribution in [-0.4, -0.2) is 46.2 Å². The Labute approximate surface area is 149 Å². The average Bonchev–Trinajstić information content (AvgIpc) is 3.09. The monoisotopic (exact) mass is 383 g/mol. The molecule has 0 saturated carbocycles. The maximum absolute atomic E-state index is 12.9. The number of hydrogen-bond donors (Lipinski definition) is 0. The molecule has 1 aromatic carbocycles. The minimum absolute atomic E-state index is 0.0756. The van der Waals surface area contributed by atoms with Crippen LogP contribution >= 0.6 is 11.8 Å². The summed E-state index contributed by atoms with van der Waals surface area (Å²) in [5.74, 6) is 0.919. The number of halogens is 1. The van der Waals surface area contributed by atoms with E-state index in [2.05, 4.69) is 10.2 Å². The van der Waals surface area contributed by atoms with Crippen LogP contribution in [0.1, 0.15) is 22.6 Å². The summed E-state index contributed by atoms with van der Waals surface area (Å²) in [6, 6.07) is 5.43. The van der Waals surface area contributed by atoms with E-state index in [-0.39, 0.29) is 34.8 Å². The Bertz CT molecular complexity index is 879. The number of thioether (sulfide) groups is 1. The van der Waals surface area contributed by atoms with Crippen molar-refractivity contribution in [2.24, 2.45) is 13.0 Å². The molecule has 0 bridgehead atoms. The summed E-state index contributed by atoms with van der Waals surface area (Å²) >= 11 is 1.26. The fourth-order valence-corrected chi connectivity index (χ4v) is 5.48. The standard InChI is InChI=1S/C16H18FN3O3S2/c1-20-15(8-11-6-7-25(22,23)10-11)18-19-16(20)24-9-14(21)12-2-4-13(17)5-3-12/h2-5,11H,6-10H2,1H3/t11-/m0/s1. The Morgan fingerprint density at radius 2 is 2.04 bits per heavy atom. The summed E-state index contributed by atoms with van der Waals surface area (Å²) in [4.78, 5) is 12.1. The van der Waals surface area contributed by atoms with Gasteiger partial charge in [0.15, 0.2) is 20.8 Å². The third-order valence-corrected chi connectivity index (χ3v) is 7.08. The molecule has 1 aliphatic heterocycles. The van der Waals surface area contributed by atoms with E-state index in [1.807, 2.05) is 7.05 Å². The van der Waals surface area contributed by atoms with Crippen LogP contribution in [0.15, 0.2) is 29.4 Å². The van der Waals surface area contributed by atoms with Crippen LogP contribution in [0, 0.1) is 11.7 Å². The van der Waals surface area contributed by atoms with E-state index in [0.717, 1.165) is 5.82 Å². The van der Waals surface area contributed by atoms with Gasteiger partial charge in [-0.15, -0.1) is 10.2 Å². The first-order valence-corrected chi connectivity index (χ1v) is 10.6. The highest BCUT2D eigenvalue weighted by Gasteiger charge is 2.29. The third kappa shape index (κ3) is 4.46. The molecule has 0 unspecified atom stereocenters. The first kappa shape index (κ1) is 18.1. The van der Waals surface area contributed by atoms with Crippen LogP contribution in [0.2, 0.25) is 0 Å². The lowest BCUT2D eigenvalue weighted by Gasteiger charge is -2.07. The second kappa shape index (κ2) is 7.25. The Morgan fingerprint density at radius 1 is 1.32 bits per heavy atom. The van der Waals surface area contributed by atoms with Gasteiger partial charge in [0.25, 0.3) is 0 Å². The quantitative estimate of drug-likeness (QED) is 0.560. The molecular formula is C16H18FN3O3S2. The van der Waals surface area contributed by atoms with Gasteiger partial charge in [0, 0.05) is 19.0 Å². The van der Waals surface area contributed by atoms with Crippen molar-refractivity contribution in [2.45, 2.75) is 18.0 Å². The zero-order valence-corrected chi connectivity index (χ0v) is 15.3. The maximum atomic E-state index is 12.9. The van der Waals surface area contributed by atoms with Crippen LogP contribution in [0.4, 0.5) is 4.39 Å². The number of hydrogen-bond acceptors (Lipinski definition) is 6. The molecule has 25 heavy (non-hydrogen) atoms. The van der Waals surface area contributed by atoms with Crippen molar-refractivity contribution in [2.75, 3.05) is 17.3 Å². The van der Waals surface area contributed by atoms with Crippen molar-refractivity contribution in [3.63, 3.8) is 0 Å². The van der Waals surface area contributed by atoms with Crippen LogP contribution in [0.3, 0.4) is 0 Å². The Hall–Kier alpha value is -1.74. The number of nitrogens with zero attached hydrogens (tertiary/aromatic N) is 3. The van der Waals surface area contributed by atoms with Gasteiger partial charge < -0.3 is 4.57 Å². The molecule has 1 aliphatic rings. The summed E-state index contributed by atoms with van der Waals surface area (Å²) in [5, 5.41) is 8.82. The van der Waals surface area contributed by atoms with Gasteiger partial charge in [-0.1, -0.05) is 11.8 Å². The largest absolute Gasteiger partial charge is 0.309 e. The number of sulfone groups is 1. The molecule has 1 fully saturated rings. The van der Waals surface area contributed by atoms with Crippen molar-refractivity contribution in [1.82, 2.24) is 14.8 Å². The van der Waals surface area contributed by atoms with Crippen molar-refractivity contribution >= 4 is 27.4 Å². The maximum Gasteiger partial charge on any atom is 0.191 e. The van der Waals surface area contributed by atoms with Gasteiger partial charge >= 0.3 is 0 Å². The van der Waals surface area contributed by atoms with Crippen molar-refractivity contribution in [3.05, 3.63) is 41.5 Å². The number of benzene rings is 1. The van der Waals surface area contributed by atoms with Gasteiger partial charge in [0.1, 0.15) is 11.6 Å². The lowest BCUT2D eigenvalue weighted by atomic mass is 10.1. The summed E-state index contributed by atoms with van der Waals surface area (Å²) in [5.41, 5.74) is 0.451. The normalized spacial score (nSPS) is 19.2. The molecule has 0 N–H and O–H groups in total. The van der Waals surface area contributed by atoms with E-state index in [1.54, 1.807) is 4.57 Å². The van der Waals surface area contributed by atoms with Crippen LogP contribution in [-0.2, 0) is 23.3 Å². The van der Waals surface area contributed by atoms with E-state index >= 15 is 0 Å². The summed E-state index contributed by atoms with van der Waals surface area (Å²) in [7, 11) is -1.10. The second-order valence-corrected chi connectivity index (χ2v) is 9.32. The number of carbonyl (C=O) groups is 1. The minimum Gasteiger partial charge on any atom is -0.309 e. The number of aromatic nitrogens is 3. The summed E-state index contributed by atoms with van der Waals surface area (Å²) in [6.45, 7) is 0. The topological polar surface area (TPSA) is 81.9 Å². The molecule has 1 saturated heterocycles. The van der Waals surface area contributed by atoms with Crippen molar-refractivity contribution in [3.8, 4) is 0 Å². The molecule has 0 radical (unpaired) electrons. The van der Waals surface area contributed by atoms with E-state index in [1.165, 1.54) is 36.0 Å². The lowest BCUT2D eigenvalue weighted by Crippen LogP contribution is -2.11. The summed E-state index contributed by atoms with van der Waals surface area (Å²) < 4.78 is 37.8. The molecule has 9 heteroatoms. The summed E-state index contributed by atoms with van der Waals surface area (Å²) in [6.07, 6.45) is 1.22. The number of carbonyl (C=O) groups excluding carboxylic acids is 1. The SMILES string of the molecule is Cn1c(C[C@@H]2CCS(=O)(=O)C2)nnc1SCC(=O)c1ccc(F)cc1. The smallest absolute Gasteiger partial charge is 0.191 e. The van der Waals surface area contributed by atoms with Gasteiger partial charge in [-0.3, -0.25) is 4.79 Å². The highest BCUT2D eigenvalue weighted by atomic mass is 32.2. The van der Waals surface area contributed by atoms with Gasteiger partial charge in [0.2, 0.25) is 0 Å². The van der Waals surface area contributed by atoms with Crippen LogP contribution < -0.4 is 0 Å². The first-order chi connectivity index (χ1) is 11.8. The molecule has 0 aliphatic carbocycles. The van der Waals surface area contributed by atoms with E-state index in [4.69, 9.17) is 0 Å². The van der Waals surface area contributed by atoms with Gasteiger partial charge in [0.05, 0.1) is 17.3 Å². The van der Waals surface area contributed by atoms with Gasteiger partial charge in [-0.25, -0.2) is 12.8 Å². The Balaban J connectivity index is 1.59. The Kier molecular flexibility index (Phi) is 5.24. The average molecular weight is 383 g/mol. The fraction of sp³-hybridized carbons (Fsp3) is 0.438. The van der Waals surface area contributed by atoms with E-state index < -0.39 is 9.84 Å². The lowest BCUT2D eigenvalue weighted by molar-refractivity contribution is 0.102. The van der Waals surface area contributed by atoms with Crippen molar-refractivity contribution < 1.29 is 17.6 Å². The number of ketones is 1. The minimum atomic E-state index is -2.91. The van der Waals surface area contributed by atoms with E-state index in [9.17, 15) is 17.6 Å². The van der Waals surface area contributed by atoms with Crippen LogP contribution in [0.5, 0.6) is 0 Å². The molecule has 0 amide bonds. The molecule has 2 aromatic rings. The molecule has 2 heterocycles. The fourth-order valence-electron chi connectivity index (χ4n) is 2.79. The van der Waals surface area contributed by atoms with Gasteiger partial charge in [-0.2, -0.15) is 0 Å². The predicted octanol–water partition coefficient (Wildman–Crippen LogP) is 1.91. The third-order valence-electron chi connectivity index (χ3n) is 4.22. The van der Waals surface area contributed by atoms with E-state index in [0.29, 0.717) is 23.6 Å². The molecule has 0 spiro atoms. The molecule has 3 rings (SSSR count). The zero-order valence-electron chi connectivity index (χ0n) is 13.7. The predicted molar refractivity (Wildman–Crippen MR) is 92.9 cm³/mol. The second-order valence-electron chi connectivity index (χ2n) is 6.15. The van der Waals surface area contributed by atoms with Crippen molar-refractivity contribution in [1.29, 1.82) is 0 Å². The highest BCUT2D eigenvalue weighted by Crippen LogP contribution is 2.24. The molecule has 134 valence electrons. The number of rotatable bonds is 6. The van der Waals surface area contributed by atoms with Crippen LogP contribution in [0.25, 0.3) is 0 Å². The molecular weight excluding hydrogens is 365 g/mol. The number of Topliss-reactive ketones (excluding diaryl/α,β-unsaturated/α-hetero) is 1. The first-order valence-electron chi connectivity index (χ1n) is 7.84.